The third kappa shape index (κ3) is 3.63. The topological polar surface area (TPSA) is 67.3 Å². The predicted octanol–water partition coefficient (Wildman–Crippen LogP) is 3.70. The van der Waals surface area contributed by atoms with E-state index in [1.807, 2.05) is 17.0 Å². The van der Waals surface area contributed by atoms with E-state index in [2.05, 4.69) is 27.4 Å². The van der Waals surface area contributed by atoms with Crippen molar-refractivity contribution in [3.05, 3.63) is 54.9 Å². The summed E-state index contributed by atoms with van der Waals surface area (Å²) in [7, 11) is 0. The molecular weight excluding hydrogens is 316 g/mol. The number of amides is 2. The van der Waals surface area contributed by atoms with Gasteiger partial charge < -0.3 is 15.0 Å². The molecule has 2 heterocycles. The van der Waals surface area contributed by atoms with Gasteiger partial charge in [-0.2, -0.15) is 0 Å². The van der Waals surface area contributed by atoms with Gasteiger partial charge in [0.2, 0.25) is 0 Å². The summed E-state index contributed by atoms with van der Waals surface area (Å²) >= 11 is 0. The number of allylic oxidation sites excluding steroid dienone is 2. The number of aromatic nitrogens is 2. The Hall–Kier alpha value is -2.89. The minimum Gasteiger partial charge on any atom is -0.424 e. The SMILES string of the molecule is O=C(Nc1ccc(Oc2ncccn2)cc1)N1C[C@@H]2CC=CC[C@H]2C1. The zero-order valence-corrected chi connectivity index (χ0v) is 13.8. The van der Waals surface area contributed by atoms with Crippen molar-refractivity contribution in [3.63, 3.8) is 0 Å². The third-order valence-corrected chi connectivity index (χ3v) is 4.76. The van der Waals surface area contributed by atoms with Crippen LogP contribution in [0.3, 0.4) is 0 Å². The minimum atomic E-state index is -0.0329. The van der Waals surface area contributed by atoms with E-state index in [0.29, 0.717) is 23.6 Å². The van der Waals surface area contributed by atoms with Crippen LogP contribution in [0.2, 0.25) is 0 Å². The van der Waals surface area contributed by atoms with E-state index in [0.717, 1.165) is 31.6 Å². The summed E-state index contributed by atoms with van der Waals surface area (Å²) in [5.74, 6) is 1.84. The maximum atomic E-state index is 12.5. The van der Waals surface area contributed by atoms with Gasteiger partial charge in [0.1, 0.15) is 5.75 Å². The number of nitrogens with one attached hydrogen (secondary N) is 1. The van der Waals surface area contributed by atoms with Crippen LogP contribution in [-0.2, 0) is 0 Å². The first-order chi connectivity index (χ1) is 12.3. The molecule has 0 unspecified atom stereocenters. The van der Waals surface area contributed by atoms with E-state index in [4.69, 9.17) is 4.74 Å². The number of hydrogen-bond acceptors (Lipinski definition) is 4. The van der Waals surface area contributed by atoms with E-state index in [1.165, 1.54) is 0 Å². The monoisotopic (exact) mass is 336 g/mol. The fourth-order valence-corrected chi connectivity index (χ4v) is 3.43. The van der Waals surface area contributed by atoms with Gasteiger partial charge in [0, 0.05) is 31.2 Å². The van der Waals surface area contributed by atoms with Gasteiger partial charge in [-0.3, -0.25) is 0 Å². The Morgan fingerprint density at radius 3 is 2.32 bits per heavy atom. The molecule has 0 saturated carbocycles. The van der Waals surface area contributed by atoms with Crippen molar-refractivity contribution in [2.45, 2.75) is 12.8 Å². The minimum absolute atomic E-state index is 0.0329. The second-order valence-corrected chi connectivity index (χ2v) is 6.46. The van der Waals surface area contributed by atoms with Gasteiger partial charge in [-0.25, -0.2) is 14.8 Å². The van der Waals surface area contributed by atoms with Crippen molar-refractivity contribution in [1.82, 2.24) is 14.9 Å². The van der Waals surface area contributed by atoms with Crippen molar-refractivity contribution in [2.24, 2.45) is 11.8 Å². The smallest absolute Gasteiger partial charge is 0.321 e. The van der Waals surface area contributed by atoms with Crippen LogP contribution in [0.4, 0.5) is 10.5 Å². The standard InChI is InChI=1S/C19H20N4O2/c24-19(23-12-14-4-1-2-5-15(14)13-23)22-16-6-8-17(9-7-16)25-18-20-10-3-11-21-18/h1-3,6-11,14-15H,4-5,12-13H2,(H,22,24)/t14-,15-/m0/s1. The Bertz CT molecular complexity index is 745. The maximum absolute atomic E-state index is 12.5. The van der Waals surface area contributed by atoms with Crippen molar-refractivity contribution in [2.75, 3.05) is 18.4 Å². The number of urea groups is 1. The molecule has 25 heavy (non-hydrogen) atoms. The van der Waals surface area contributed by atoms with Gasteiger partial charge in [-0.05, 0) is 55.0 Å². The van der Waals surface area contributed by atoms with Crippen LogP contribution < -0.4 is 10.1 Å². The predicted molar refractivity (Wildman–Crippen MR) is 94.5 cm³/mol. The number of fused-ring (bicyclic) bond motifs is 1. The molecule has 1 aromatic heterocycles. The Labute approximate surface area is 146 Å². The summed E-state index contributed by atoms with van der Waals surface area (Å²) in [5, 5.41) is 2.96. The molecule has 2 aromatic rings. The van der Waals surface area contributed by atoms with Gasteiger partial charge in [0.25, 0.3) is 0 Å². The summed E-state index contributed by atoms with van der Waals surface area (Å²) in [6.07, 6.45) is 9.89. The number of ether oxygens (including phenoxy) is 1. The van der Waals surface area contributed by atoms with Crippen molar-refractivity contribution >= 4 is 11.7 Å². The van der Waals surface area contributed by atoms with Crippen LogP contribution >= 0.6 is 0 Å². The summed E-state index contributed by atoms with van der Waals surface area (Å²) in [6, 6.07) is 9.22. The number of carbonyl (C=O) groups is 1. The van der Waals surface area contributed by atoms with Crippen LogP contribution in [-0.4, -0.2) is 34.0 Å². The molecule has 2 aliphatic rings. The number of likely N-dealkylation sites (tertiary alicyclic amines) is 1. The molecule has 1 saturated heterocycles. The van der Waals surface area contributed by atoms with Gasteiger partial charge in [-0.1, -0.05) is 12.2 Å². The first-order valence-electron chi connectivity index (χ1n) is 8.54. The normalized spacial score (nSPS) is 21.7. The summed E-state index contributed by atoms with van der Waals surface area (Å²) in [6.45, 7) is 1.68. The molecule has 0 spiro atoms. The number of benzene rings is 1. The molecule has 2 atom stereocenters. The quantitative estimate of drug-likeness (QED) is 0.868. The average molecular weight is 336 g/mol. The lowest BCUT2D eigenvalue weighted by molar-refractivity contribution is 0.220. The molecule has 0 radical (unpaired) electrons. The highest BCUT2D eigenvalue weighted by Crippen LogP contribution is 2.33. The molecule has 6 heteroatoms. The lowest BCUT2D eigenvalue weighted by Crippen LogP contribution is -2.33. The van der Waals surface area contributed by atoms with E-state index >= 15 is 0 Å². The van der Waals surface area contributed by atoms with Crippen molar-refractivity contribution < 1.29 is 9.53 Å². The maximum Gasteiger partial charge on any atom is 0.321 e. The lowest BCUT2D eigenvalue weighted by atomic mass is 9.86. The Morgan fingerprint density at radius 2 is 1.68 bits per heavy atom. The molecule has 4 rings (SSSR count). The lowest BCUT2D eigenvalue weighted by Gasteiger charge is -2.17. The number of hydrogen-bond donors (Lipinski definition) is 1. The zero-order valence-electron chi connectivity index (χ0n) is 13.8. The van der Waals surface area contributed by atoms with Crippen LogP contribution in [0.15, 0.2) is 54.9 Å². The average Bonchev–Trinajstić information content (AvgIpc) is 3.09. The number of rotatable bonds is 3. The highest BCUT2D eigenvalue weighted by atomic mass is 16.5. The largest absolute Gasteiger partial charge is 0.424 e. The third-order valence-electron chi connectivity index (χ3n) is 4.76. The Balaban J connectivity index is 1.34. The van der Waals surface area contributed by atoms with Gasteiger partial charge in [0.05, 0.1) is 0 Å². The molecule has 1 N–H and O–H groups in total. The first-order valence-corrected chi connectivity index (χ1v) is 8.54. The van der Waals surface area contributed by atoms with E-state index < -0.39 is 0 Å². The fourth-order valence-electron chi connectivity index (χ4n) is 3.43. The van der Waals surface area contributed by atoms with Gasteiger partial charge in [0.15, 0.2) is 0 Å². The highest BCUT2D eigenvalue weighted by Gasteiger charge is 2.35. The molecule has 1 aliphatic carbocycles. The van der Waals surface area contributed by atoms with Crippen molar-refractivity contribution in [3.8, 4) is 11.8 Å². The molecule has 1 aromatic carbocycles. The molecule has 128 valence electrons. The molecule has 1 aliphatic heterocycles. The second-order valence-electron chi connectivity index (χ2n) is 6.46. The summed E-state index contributed by atoms with van der Waals surface area (Å²) < 4.78 is 5.55. The second kappa shape index (κ2) is 6.93. The summed E-state index contributed by atoms with van der Waals surface area (Å²) in [4.78, 5) is 22.4. The molecular formula is C19H20N4O2. The van der Waals surface area contributed by atoms with E-state index in [-0.39, 0.29) is 6.03 Å². The number of carbonyl (C=O) groups excluding carboxylic acids is 1. The highest BCUT2D eigenvalue weighted by molar-refractivity contribution is 5.89. The summed E-state index contributed by atoms with van der Waals surface area (Å²) in [5.41, 5.74) is 0.749. The first kappa shape index (κ1) is 15.6. The van der Waals surface area contributed by atoms with Crippen LogP contribution in [0, 0.1) is 11.8 Å². The zero-order chi connectivity index (χ0) is 17.1. The van der Waals surface area contributed by atoms with Gasteiger partial charge >= 0.3 is 12.0 Å². The van der Waals surface area contributed by atoms with Crippen molar-refractivity contribution in [1.29, 1.82) is 0 Å². The molecule has 2 amide bonds. The number of anilines is 1. The fraction of sp³-hybridized carbons (Fsp3) is 0.316. The molecule has 1 fully saturated rings. The molecule has 0 bridgehead atoms. The number of nitrogens with zero attached hydrogens (tertiary/aromatic N) is 3. The van der Waals surface area contributed by atoms with Crippen LogP contribution in [0.1, 0.15) is 12.8 Å². The Kier molecular flexibility index (Phi) is 4.33. The van der Waals surface area contributed by atoms with E-state index in [1.54, 1.807) is 30.6 Å². The Morgan fingerprint density at radius 1 is 1.04 bits per heavy atom. The van der Waals surface area contributed by atoms with E-state index in [9.17, 15) is 4.79 Å². The van der Waals surface area contributed by atoms with Gasteiger partial charge in [-0.15, -0.1) is 0 Å². The van der Waals surface area contributed by atoms with Crippen LogP contribution in [0.25, 0.3) is 0 Å². The van der Waals surface area contributed by atoms with Crippen LogP contribution in [0.5, 0.6) is 11.8 Å². The molecule has 6 nitrogen and oxygen atoms in total.